The third-order valence-corrected chi connectivity index (χ3v) is 5.28. The minimum Gasteiger partial charge on any atom is -0.480 e. The normalized spacial score (nSPS) is 28.2. The molecule has 0 radical (unpaired) electrons. The molecule has 0 bridgehead atoms. The van der Waals surface area contributed by atoms with Crippen LogP contribution >= 0.6 is 11.3 Å². The highest BCUT2D eigenvalue weighted by molar-refractivity contribution is 7.09. The van der Waals surface area contributed by atoms with Gasteiger partial charge in [0.2, 0.25) is 0 Å². The maximum Gasteiger partial charge on any atom is 0.326 e. The zero-order chi connectivity index (χ0) is 14.8. The molecule has 0 aromatic carbocycles. The van der Waals surface area contributed by atoms with Crippen molar-refractivity contribution in [3.05, 3.63) is 16.6 Å². The van der Waals surface area contributed by atoms with E-state index in [2.05, 4.69) is 10.3 Å². The number of fused-ring (bicyclic) bond motifs is 1. The fourth-order valence-corrected chi connectivity index (χ4v) is 4.09. The van der Waals surface area contributed by atoms with Gasteiger partial charge in [-0.2, -0.15) is 0 Å². The first-order valence-corrected chi connectivity index (χ1v) is 8.21. The number of hydrogen-bond acceptors (Lipinski definition) is 4. The minimum atomic E-state index is -0.891. The molecule has 2 fully saturated rings. The van der Waals surface area contributed by atoms with Gasteiger partial charge in [-0.3, -0.25) is 4.98 Å². The lowest BCUT2D eigenvalue weighted by atomic mass is 9.85. The van der Waals surface area contributed by atoms with Crippen LogP contribution < -0.4 is 5.32 Å². The van der Waals surface area contributed by atoms with Crippen LogP contribution in [0.2, 0.25) is 0 Å². The molecule has 3 unspecified atom stereocenters. The molecule has 2 aliphatic rings. The number of thiazole rings is 1. The van der Waals surface area contributed by atoms with Crippen molar-refractivity contribution >= 4 is 23.3 Å². The zero-order valence-electron chi connectivity index (χ0n) is 11.7. The second-order valence-electron chi connectivity index (χ2n) is 5.74. The van der Waals surface area contributed by atoms with Gasteiger partial charge in [0.1, 0.15) is 6.04 Å². The number of aromatic nitrogens is 1. The minimum absolute atomic E-state index is 0.0845. The Hall–Kier alpha value is -1.63. The van der Waals surface area contributed by atoms with E-state index >= 15 is 0 Å². The van der Waals surface area contributed by atoms with E-state index in [0.29, 0.717) is 18.9 Å². The molecule has 0 spiro atoms. The average Bonchev–Trinajstić information content (AvgIpc) is 3.11. The molecule has 1 aliphatic heterocycles. The maximum absolute atomic E-state index is 12.4. The van der Waals surface area contributed by atoms with Crippen LogP contribution in [-0.4, -0.2) is 39.1 Å². The molecule has 1 saturated carbocycles. The summed E-state index contributed by atoms with van der Waals surface area (Å²) in [6.45, 7) is 0.406. The molecule has 114 valence electrons. The average molecular weight is 309 g/mol. The largest absolute Gasteiger partial charge is 0.480 e. The Morgan fingerprint density at radius 1 is 1.43 bits per heavy atom. The molecule has 1 aromatic heterocycles. The number of carbonyl (C=O) groups is 2. The van der Waals surface area contributed by atoms with Crippen molar-refractivity contribution in [2.45, 2.75) is 50.7 Å². The van der Waals surface area contributed by atoms with E-state index in [1.807, 2.05) is 0 Å². The lowest BCUT2D eigenvalue weighted by Gasteiger charge is -2.32. The number of likely N-dealkylation sites (tertiary alicyclic amines) is 1. The van der Waals surface area contributed by atoms with E-state index in [9.17, 15) is 14.7 Å². The lowest BCUT2D eigenvalue weighted by Crippen LogP contribution is -2.50. The van der Waals surface area contributed by atoms with Gasteiger partial charge >= 0.3 is 12.0 Å². The van der Waals surface area contributed by atoms with Gasteiger partial charge in [0.05, 0.1) is 12.1 Å². The second-order valence-corrected chi connectivity index (χ2v) is 6.71. The molecule has 7 heteroatoms. The summed E-state index contributed by atoms with van der Waals surface area (Å²) in [5.41, 5.74) is 1.72. The fraction of sp³-hybridized carbons (Fsp3) is 0.643. The standard InChI is InChI=1S/C14H19N3O3S/c18-13(19)12-5-9-3-1-2-4-11(9)17(12)14(20)16-7-10-6-15-8-21-10/h6,8-9,11-12H,1-5,7H2,(H,16,20)(H,18,19). The molecule has 1 saturated heterocycles. The van der Waals surface area contributed by atoms with E-state index in [0.717, 1.165) is 30.6 Å². The van der Waals surface area contributed by atoms with Gasteiger partial charge in [0.25, 0.3) is 0 Å². The first kappa shape index (κ1) is 14.3. The van der Waals surface area contributed by atoms with Crippen LogP contribution in [0, 0.1) is 5.92 Å². The summed E-state index contributed by atoms with van der Waals surface area (Å²) in [5, 5.41) is 12.2. The highest BCUT2D eigenvalue weighted by Crippen LogP contribution is 2.39. The molecular formula is C14H19N3O3S. The highest BCUT2D eigenvalue weighted by atomic mass is 32.1. The predicted molar refractivity (Wildman–Crippen MR) is 78.0 cm³/mol. The van der Waals surface area contributed by atoms with E-state index in [1.165, 1.54) is 11.3 Å². The first-order chi connectivity index (χ1) is 10.2. The number of rotatable bonds is 3. The molecule has 2 amide bonds. The fourth-order valence-electron chi connectivity index (χ4n) is 3.56. The number of carbonyl (C=O) groups excluding carboxylic acids is 1. The van der Waals surface area contributed by atoms with Gasteiger partial charge in [0.15, 0.2) is 0 Å². The molecule has 1 aliphatic carbocycles. The van der Waals surface area contributed by atoms with E-state index < -0.39 is 12.0 Å². The summed E-state index contributed by atoms with van der Waals surface area (Å²) in [6, 6.07) is -0.855. The summed E-state index contributed by atoms with van der Waals surface area (Å²) in [4.78, 5) is 30.4. The van der Waals surface area contributed by atoms with Crippen LogP contribution in [0.25, 0.3) is 0 Å². The summed E-state index contributed by atoms with van der Waals surface area (Å²) in [7, 11) is 0. The Bertz CT molecular complexity index is 520. The van der Waals surface area contributed by atoms with Crippen LogP contribution in [-0.2, 0) is 11.3 Å². The number of nitrogens with zero attached hydrogens (tertiary/aromatic N) is 2. The quantitative estimate of drug-likeness (QED) is 0.895. The third kappa shape index (κ3) is 2.88. The molecule has 1 aromatic rings. The maximum atomic E-state index is 12.4. The summed E-state index contributed by atoms with van der Waals surface area (Å²) in [6.07, 6.45) is 6.48. The van der Waals surface area contributed by atoms with Crippen LogP contribution in [0.1, 0.15) is 37.0 Å². The Morgan fingerprint density at radius 3 is 2.95 bits per heavy atom. The number of hydrogen-bond donors (Lipinski definition) is 2. The van der Waals surface area contributed by atoms with Crippen LogP contribution in [0.3, 0.4) is 0 Å². The van der Waals surface area contributed by atoms with Crippen LogP contribution in [0.15, 0.2) is 11.7 Å². The van der Waals surface area contributed by atoms with Gasteiger partial charge in [-0.1, -0.05) is 12.8 Å². The zero-order valence-corrected chi connectivity index (χ0v) is 12.5. The van der Waals surface area contributed by atoms with Crippen molar-refractivity contribution in [1.82, 2.24) is 15.2 Å². The van der Waals surface area contributed by atoms with Gasteiger partial charge in [-0.25, -0.2) is 9.59 Å². The van der Waals surface area contributed by atoms with Crippen LogP contribution in [0.4, 0.5) is 4.79 Å². The SMILES string of the molecule is O=C(O)C1CC2CCCCC2N1C(=O)NCc1cncs1. The Morgan fingerprint density at radius 2 is 2.24 bits per heavy atom. The Labute approximate surface area is 127 Å². The number of amides is 2. The molecule has 3 atom stereocenters. The monoisotopic (exact) mass is 309 g/mol. The lowest BCUT2D eigenvalue weighted by molar-refractivity contribution is -0.141. The molecule has 6 nitrogen and oxygen atoms in total. The molecule has 2 heterocycles. The topological polar surface area (TPSA) is 82.5 Å². The molecular weight excluding hydrogens is 290 g/mol. The summed E-state index contributed by atoms with van der Waals surface area (Å²) >= 11 is 1.48. The van der Waals surface area contributed by atoms with E-state index in [-0.39, 0.29) is 12.1 Å². The number of aliphatic carboxylic acids is 1. The van der Waals surface area contributed by atoms with Gasteiger partial charge in [-0.15, -0.1) is 11.3 Å². The molecule has 2 N–H and O–H groups in total. The van der Waals surface area contributed by atoms with Gasteiger partial charge < -0.3 is 15.3 Å². The number of carboxylic acids is 1. The number of nitrogens with one attached hydrogen (secondary N) is 1. The van der Waals surface area contributed by atoms with Gasteiger partial charge in [-0.05, 0) is 25.2 Å². The molecule has 3 rings (SSSR count). The van der Waals surface area contributed by atoms with Crippen molar-refractivity contribution in [3.8, 4) is 0 Å². The van der Waals surface area contributed by atoms with Crippen molar-refractivity contribution < 1.29 is 14.7 Å². The first-order valence-electron chi connectivity index (χ1n) is 7.33. The second kappa shape index (κ2) is 6.01. The van der Waals surface area contributed by atoms with Crippen molar-refractivity contribution in [3.63, 3.8) is 0 Å². The van der Waals surface area contributed by atoms with E-state index in [4.69, 9.17) is 0 Å². The highest BCUT2D eigenvalue weighted by Gasteiger charge is 2.47. The third-order valence-electron chi connectivity index (χ3n) is 4.50. The van der Waals surface area contributed by atoms with Gasteiger partial charge in [0, 0.05) is 17.1 Å². The van der Waals surface area contributed by atoms with E-state index in [1.54, 1.807) is 16.6 Å². The van der Waals surface area contributed by atoms with Crippen molar-refractivity contribution in [2.75, 3.05) is 0 Å². The van der Waals surface area contributed by atoms with Crippen molar-refractivity contribution in [2.24, 2.45) is 5.92 Å². The smallest absolute Gasteiger partial charge is 0.326 e. The summed E-state index contributed by atoms with van der Waals surface area (Å²) in [5.74, 6) is -0.550. The number of urea groups is 1. The molecule has 21 heavy (non-hydrogen) atoms. The summed E-state index contributed by atoms with van der Waals surface area (Å²) < 4.78 is 0. The van der Waals surface area contributed by atoms with Crippen LogP contribution in [0.5, 0.6) is 0 Å². The Kier molecular flexibility index (Phi) is 4.10. The predicted octanol–water partition coefficient (Wildman–Crippen LogP) is 2.07. The van der Waals surface area contributed by atoms with Crippen molar-refractivity contribution in [1.29, 1.82) is 0 Å². The Balaban J connectivity index is 1.70. The number of carboxylic acid groups (broad SMARTS) is 1.